The Bertz CT molecular complexity index is 311. The fourth-order valence-electron chi connectivity index (χ4n) is 2.28. The van der Waals surface area contributed by atoms with E-state index in [4.69, 9.17) is 9.63 Å². The summed E-state index contributed by atoms with van der Waals surface area (Å²) in [4.78, 5) is 2.41. The Hall–Kier alpha value is -0.870. The van der Waals surface area contributed by atoms with Gasteiger partial charge in [0.15, 0.2) is 0 Å². The molecule has 1 fully saturated rings. The molecule has 1 aromatic heterocycles. The largest absolute Gasteiger partial charge is 0.391 e. The van der Waals surface area contributed by atoms with Gasteiger partial charge in [-0.05, 0) is 25.9 Å². The molecule has 0 radical (unpaired) electrons. The third kappa shape index (κ3) is 2.21. The molecule has 0 saturated carbocycles. The van der Waals surface area contributed by atoms with Gasteiger partial charge in [0.25, 0.3) is 0 Å². The molecule has 1 N–H and O–H groups in total. The van der Waals surface area contributed by atoms with Gasteiger partial charge in [-0.15, -0.1) is 0 Å². The van der Waals surface area contributed by atoms with Crippen molar-refractivity contribution in [3.63, 3.8) is 0 Å². The van der Waals surface area contributed by atoms with Crippen molar-refractivity contribution in [1.82, 2.24) is 10.1 Å². The first-order valence-corrected chi connectivity index (χ1v) is 5.61. The lowest BCUT2D eigenvalue weighted by molar-refractivity contribution is 0.194. The molecular formula is C11H18N2O2. The highest BCUT2D eigenvalue weighted by Crippen LogP contribution is 2.28. The van der Waals surface area contributed by atoms with Crippen LogP contribution >= 0.6 is 0 Å². The molecule has 1 unspecified atom stereocenters. The van der Waals surface area contributed by atoms with Gasteiger partial charge in [0.05, 0.1) is 12.8 Å². The molecule has 2 rings (SSSR count). The smallest absolute Gasteiger partial charge is 0.146 e. The van der Waals surface area contributed by atoms with E-state index in [0.29, 0.717) is 5.92 Å². The van der Waals surface area contributed by atoms with Crippen molar-refractivity contribution in [2.75, 3.05) is 19.6 Å². The summed E-state index contributed by atoms with van der Waals surface area (Å²) in [6.45, 7) is 5.49. The van der Waals surface area contributed by atoms with Crippen LogP contribution in [-0.2, 0) is 6.61 Å². The molecule has 0 amide bonds. The van der Waals surface area contributed by atoms with Gasteiger partial charge in [-0.2, -0.15) is 0 Å². The van der Waals surface area contributed by atoms with Crippen LogP contribution < -0.4 is 0 Å². The number of likely N-dealkylation sites (tertiary alicyclic amines) is 1. The zero-order valence-electron chi connectivity index (χ0n) is 9.15. The summed E-state index contributed by atoms with van der Waals surface area (Å²) in [5, 5.41) is 12.9. The predicted molar refractivity (Wildman–Crippen MR) is 56.5 cm³/mol. The molecule has 1 atom stereocenters. The minimum Gasteiger partial charge on any atom is -0.391 e. The normalized spacial score (nSPS) is 23.2. The Kier molecular flexibility index (Phi) is 3.38. The van der Waals surface area contributed by atoms with Gasteiger partial charge < -0.3 is 14.5 Å². The van der Waals surface area contributed by atoms with Crippen molar-refractivity contribution in [2.45, 2.75) is 32.3 Å². The summed E-state index contributed by atoms with van der Waals surface area (Å²) < 4.78 is 5.25. The number of likely N-dealkylation sites (N-methyl/N-ethyl adjacent to an activating group) is 1. The topological polar surface area (TPSA) is 49.5 Å². The highest BCUT2D eigenvalue weighted by Gasteiger charge is 2.25. The summed E-state index contributed by atoms with van der Waals surface area (Å²) in [5.74, 6) is 1.29. The molecule has 0 spiro atoms. The van der Waals surface area contributed by atoms with Gasteiger partial charge >= 0.3 is 0 Å². The van der Waals surface area contributed by atoms with E-state index in [1.807, 2.05) is 0 Å². The van der Waals surface area contributed by atoms with Crippen molar-refractivity contribution in [3.8, 4) is 0 Å². The fraction of sp³-hybridized carbons (Fsp3) is 0.727. The molecule has 0 aromatic carbocycles. The zero-order valence-corrected chi connectivity index (χ0v) is 9.15. The van der Waals surface area contributed by atoms with Crippen LogP contribution in [0.4, 0.5) is 0 Å². The number of hydrogen-bond acceptors (Lipinski definition) is 4. The van der Waals surface area contributed by atoms with Crippen molar-refractivity contribution in [1.29, 1.82) is 0 Å². The first kappa shape index (κ1) is 10.6. The molecule has 4 nitrogen and oxygen atoms in total. The maximum absolute atomic E-state index is 9.15. The summed E-state index contributed by atoms with van der Waals surface area (Å²) in [7, 11) is 0. The number of aliphatic hydroxyl groups excluding tert-OH is 1. The first-order chi connectivity index (χ1) is 7.35. The van der Waals surface area contributed by atoms with E-state index in [-0.39, 0.29) is 6.61 Å². The van der Waals surface area contributed by atoms with E-state index in [2.05, 4.69) is 17.0 Å². The van der Waals surface area contributed by atoms with Crippen LogP contribution in [0.1, 0.15) is 37.0 Å². The predicted octanol–water partition coefficient (Wildman–Crippen LogP) is 1.37. The summed E-state index contributed by atoms with van der Waals surface area (Å²) in [6.07, 6.45) is 3.96. The highest BCUT2D eigenvalue weighted by molar-refractivity contribution is 5.17. The zero-order chi connectivity index (χ0) is 10.7. The van der Waals surface area contributed by atoms with Gasteiger partial charge in [0.2, 0.25) is 0 Å². The number of nitrogens with zero attached hydrogens (tertiary/aromatic N) is 2. The van der Waals surface area contributed by atoms with Crippen LogP contribution in [0, 0.1) is 0 Å². The van der Waals surface area contributed by atoms with Crippen LogP contribution in [0.2, 0.25) is 0 Å². The minimum atomic E-state index is 0.0292. The van der Waals surface area contributed by atoms with Gasteiger partial charge in [-0.3, -0.25) is 0 Å². The van der Waals surface area contributed by atoms with E-state index < -0.39 is 0 Å². The average molecular weight is 210 g/mol. The molecule has 2 heterocycles. The molecule has 1 aliphatic heterocycles. The first-order valence-electron chi connectivity index (χ1n) is 5.61. The lowest BCUT2D eigenvalue weighted by Gasteiger charge is -2.30. The number of aliphatic hydroxyl groups is 1. The lowest BCUT2D eigenvalue weighted by Crippen LogP contribution is -2.34. The molecule has 1 saturated heterocycles. The third-order valence-electron chi connectivity index (χ3n) is 3.17. The number of piperidine rings is 1. The van der Waals surface area contributed by atoms with Crippen molar-refractivity contribution < 1.29 is 9.63 Å². The number of hydrogen-bond donors (Lipinski definition) is 1. The highest BCUT2D eigenvalue weighted by atomic mass is 16.5. The maximum atomic E-state index is 9.15. The van der Waals surface area contributed by atoms with Gasteiger partial charge in [-0.1, -0.05) is 12.1 Å². The molecule has 0 bridgehead atoms. The monoisotopic (exact) mass is 210 g/mol. The van der Waals surface area contributed by atoms with Gasteiger partial charge in [-0.25, -0.2) is 0 Å². The van der Waals surface area contributed by atoms with Crippen molar-refractivity contribution in [2.24, 2.45) is 0 Å². The second kappa shape index (κ2) is 4.77. The second-order valence-corrected chi connectivity index (χ2v) is 4.11. The van der Waals surface area contributed by atoms with E-state index >= 15 is 0 Å². The third-order valence-corrected chi connectivity index (χ3v) is 3.17. The summed E-state index contributed by atoms with van der Waals surface area (Å²) in [5.41, 5.74) is 0.845. The van der Waals surface area contributed by atoms with E-state index in [1.165, 1.54) is 13.0 Å². The Morgan fingerprint density at radius 1 is 1.67 bits per heavy atom. The standard InChI is InChI=1S/C11H18N2O2/c1-2-13-5-3-4-9(7-13)11-10(8-14)6-12-15-11/h6,9,14H,2-5,7-8H2,1H3. The van der Waals surface area contributed by atoms with Crippen LogP contribution in [0.3, 0.4) is 0 Å². The Morgan fingerprint density at radius 2 is 2.53 bits per heavy atom. The van der Waals surface area contributed by atoms with Crippen molar-refractivity contribution >= 4 is 0 Å². The minimum absolute atomic E-state index is 0.0292. The Morgan fingerprint density at radius 3 is 3.27 bits per heavy atom. The quantitative estimate of drug-likeness (QED) is 0.818. The second-order valence-electron chi connectivity index (χ2n) is 4.11. The van der Waals surface area contributed by atoms with Gasteiger partial charge in [0.1, 0.15) is 5.76 Å². The Balaban J connectivity index is 2.09. The molecule has 4 heteroatoms. The van der Waals surface area contributed by atoms with Gasteiger partial charge in [0, 0.05) is 18.0 Å². The van der Waals surface area contributed by atoms with Crippen LogP contribution in [0.25, 0.3) is 0 Å². The van der Waals surface area contributed by atoms with E-state index in [1.54, 1.807) is 6.20 Å². The van der Waals surface area contributed by atoms with Crippen LogP contribution in [0.15, 0.2) is 10.7 Å². The summed E-state index contributed by atoms with van der Waals surface area (Å²) >= 11 is 0. The number of rotatable bonds is 3. The average Bonchev–Trinajstić information content (AvgIpc) is 2.77. The molecule has 1 aliphatic rings. The SMILES string of the molecule is CCN1CCCC(c2oncc2CO)C1. The molecule has 1 aromatic rings. The van der Waals surface area contributed by atoms with E-state index in [9.17, 15) is 0 Å². The van der Waals surface area contributed by atoms with Crippen molar-refractivity contribution in [3.05, 3.63) is 17.5 Å². The fourth-order valence-corrected chi connectivity index (χ4v) is 2.28. The molecule has 0 aliphatic carbocycles. The lowest BCUT2D eigenvalue weighted by atomic mass is 9.93. The maximum Gasteiger partial charge on any atom is 0.146 e. The number of aromatic nitrogens is 1. The Labute approximate surface area is 89.9 Å². The van der Waals surface area contributed by atoms with E-state index in [0.717, 1.165) is 30.8 Å². The molecular weight excluding hydrogens is 192 g/mol. The molecule has 84 valence electrons. The van der Waals surface area contributed by atoms with Crippen LogP contribution in [0.5, 0.6) is 0 Å². The van der Waals surface area contributed by atoms with Crippen LogP contribution in [-0.4, -0.2) is 34.8 Å². The summed E-state index contributed by atoms with van der Waals surface area (Å²) in [6, 6.07) is 0. The molecule has 15 heavy (non-hydrogen) atoms.